The lowest BCUT2D eigenvalue weighted by molar-refractivity contribution is -0.147. The predicted octanol–water partition coefficient (Wildman–Crippen LogP) is 3.35. The molecule has 0 radical (unpaired) electrons. The first-order valence-electron chi connectivity index (χ1n) is 8.26. The topological polar surface area (TPSA) is 75.7 Å². The van der Waals surface area contributed by atoms with E-state index >= 15 is 0 Å². The van der Waals surface area contributed by atoms with Crippen LogP contribution in [0.1, 0.15) is 6.42 Å². The Labute approximate surface area is 165 Å². The van der Waals surface area contributed by atoms with Crippen molar-refractivity contribution in [3.05, 3.63) is 53.6 Å². The lowest BCUT2D eigenvalue weighted by atomic mass is 10.2. The van der Waals surface area contributed by atoms with Crippen LogP contribution in [0.2, 0.25) is 5.02 Å². The molecule has 0 bridgehead atoms. The number of carbonyl (C=O) groups excluding carboxylic acids is 3. The van der Waals surface area contributed by atoms with Crippen LogP contribution in [0.3, 0.4) is 0 Å². The molecule has 1 aliphatic rings. The highest BCUT2D eigenvalue weighted by Gasteiger charge is 2.24. The number of carbonyl (C=O) groups is 3. The standard InChI is InChI=1S/C19H17ClN2O4S/c20-13-5-7-14(8-6-13)21-17(23)11-26-19(25)9-10-22-15-3-1-2-4-16(15)27-12-18(22)24/h1-8H,9-12H2,(H,21,23). The first kappa shape index (κ1) is 19.3. The zero-order valence-corrected chi connectivity index (χ0v) is 15.9. The van der Waals surface area contributed by atoms with Crippen molar-refractivity contribution in [3.63, 3.8) is 0 Å². The summed E-state index contributed by atoms with van der Waals surface area (Å²) in [7, 11) is 0. The Kier molecular flexibility index (Phi) is 6.36. The van der Waals surface area contributed by atoms with Crippen molar-refractivity contribution in [1.29, 1.82) is 0 Å². The van der Waals surface area contributed by atoms with Crippen molar-refractivity contribution < 1.29 is 19.1 Å². The summed E-state index contributed by atoms with van der Waals surface area (Å²) in [4.78, 5) is 38.5. The SMILES string of the molecule is O=C(COC(=O)CCN1C(=O)CSc2ccccc21)Nc1ccc(Cl)cc1. The third-order valence-corrected chi connectivity index (χ3v) is 5.14. The Morgan fingerprint density at radius 1 is 1.15 bits per heavy atom. The third kappa shape index (κ3) is 5.24. The highest BCUT2D eigenvalue weighted by molar-refractivity contribution is 8.00. The van der Waals surface area contributed by atoms with Gasteiger partial charge in [-0.25, -0.2) is 0 Å². The van der Waals surface area contributed by atoms with Gasteiger partial charge in [0.25, 0.3) is 5.91 Å². The number of ether oxygens (including phenoxy) is 1. The minimum atomic E-state index is -0.537. The Morgan fingerprint density at radius 2 is 1.89 bits per heavy atom. The maximum absolute atomic E-state index is 12.1. The van der Waals surface area contributed by atoms with Crippen LogP contribution in [0, 0.1) is 0 Å². The molecule has 8 heteroatoms. The lowest BCUT2D eigenvalue weighted by Gasteiger charge is -2.28. The maximum atomic E-state index is 12.1. The first-order valence-corrected chi connectivity index (χ1v) is 9.62. The van der Waals surface area contributed by atoms with Crippen molar-refractivity contribution in [2.75, 3.05) is 29.1 Å². The largest absolute Gasteiger partial charge is 0.456 e. The van der Waals surface area contributed by atoms with Crippen LogP contribution in [0.5, 0.6) is 0 Å². The molecule has 3 rings (SSSR count). The van der Waals surface area contributed by atoms with Crippen LogP contribution in [0.25, 0.3) is 0 Å². The summed E-state index contributed by atoms with van der Waals surface area (Å²) in [5.74, 6) is -0.687. The lowest BCUT2D eigenvalue weighted by Crippen LogP contribution is -2.37. The number of rotatable bonds is 6. The van der Waals surface area contributed by atoms with Crippen LogP contribution in [-0.2, 0) is 19.1 Å². The van der Waals surface area contributed by atoms with Gasteiger partial charge in [-0.2, -0.15) is 0 Å². The molecule has 0 aromatic heterocycles. The normalized spacial score (nSPS) is 13.1. The van der Waals surface area contributed by atoms with Crippen LogP contribution in [0.4, 0.5) is 11.4 Å². The van der Waals surface area contributed by atoms with E-state index < -0.39 is 11.9 Å². The number of nitrogens with one attached hydrogen (secondary N) is 1. The number of anilines is 2. The molecule has 1 aliphatic heterocycles. The number of nitrogens with zero attached hydrogens (tertiary/aromatic N) is 1. The second-order valence-electron chi connectivity index (χ2n) is 5.77. The van der Waals surface area contributed by atoms with Crippen LogP contribution < -0.4 is 10.2 Å². The van der Waals surface area contributed by atoms with Gasteiger partial charge in [-0.15, -0.1) is 11.8 Å². The molecule has 6 nitrogen and oxygen atoms in total. The molecule has 0 saturated heterocycles. The van der Waals surface area contributed by atoms with Gasteiger partial charge in [-0.3, -0.25) is 14.4 Å². The highest BCUT2D eigenvalue weighted by Crippen LogP contribution is 2.34. The number of para-hydroxylation sites is 1. The second-order valence-corrected chi connectivity index (χ2v) is 7.22. The molecule has 0 saturated carbocycles. The van der Waals surface area contributed by atoms with Gasteiger partial charge in [0, 0.05) is 22.2 Å². The molecule has 1 N–H and O–H groups in total. The summed E-state index contributed by atoms with van der Waals surface area (Å²) in [6.45, 7) is -0.171. The minimum Gasteiger partial charge on any atom is -0.456 e. The summed E-state index contributed by atoms with van der Waals surface area (Å²) in [5.41, 5.74) is 1.36. The molecule has 1 heterocycles. The number of fused-ring (bicyclic) bond motifs is 1. The smallest absolute Gasteiger partial charge is 0.308 e. The van der Waals surface area contributed by atoms with Crippen LogP contribution >= 0.6 is 23.4 Å². The van der Waals surface area contributed by atoms with Gasteiger partial charge in [-0.05, 0) is 36.4 Å². The number of benzene rings is 2. The zero-order valence-electron chi connectivity index (χ0n) is 14.3. The van der Waals surface area contributed by atoms with Crippen LogP contribution in [0.15, 0.2) is 53.4 Å². The van der Waals surface area contributed by atoms with E-state index in [2.05, 4.69) is 5.32 Å². The van der Waals surface area contributed by atoms with E-state index in [1.54, 1.807) is 29.2 Å². The molecule has 2 aromatic carbocycles. The van der Waals surface area contributed by atoms with Crippen molar-refractivity contribution in [2.45, 2.75) is 11.3 Å². The summed E-state index contributed by atoms with van der Waals surface area (Å²) >= 11 is 7.26. The molecule has 2 amide bonds. The van der Waals surface area contributed by atoms with Gasteiger partial charge in [0.1, 0.15) is 0 Å². The first-order chi connectivity index (χ1) is 13.0. The van der Waals surface area contributed by atoms with E-state index in [0.29, 0.717) is 16.5 Å². The Balaban J connectivity index is 1.46. The van der Waals surface area contributed by atoms with Gasteiger partial charge in [-0.1, -0.05) is 23.7 Å². The summed E-state index contributed by atoms with van der Waals surface area (Å²) in [6, 6.07) is 14.2. The van der Waals surface area contributed by atoms with Crippen molar-refractivity contribution in [3.8, 4) is 0 Å². The fraction of sp³-hybridized carbons (Fsp3) is 0.211. The fourth-order valence-corrected chi connectivity index (χ4v) is 3.61. The van der Waals surface area contributed by atoms with Crippen molar-refractivity contribution >= 4 is 52.5 Å². The molecule has 140 valence electrons. The van der Waals surface area contributed by atoms with E-state index in [4.69, 9.17) is 16.3 Å². The zero-order chi connectivity index (χ0) is 19.2. The second kappa shape index (κ2) is 8.92. The Morgan fingerprint density at radius 3 is 2.67 bits per heavy atom. The molecule has 0 unspecified atom stereocenters. The molecule has 0 aliphatic carbocycles. The van der Waals surface area contributed by atoms with Crippen molar-refractivity contribution in [2.24, 2.45) is 0 Å². The average Bonchev–Trinajstić information content (AvgIpc) is 2.67. The summed E-state index contributed by atoms with van der Waals surface area (Å²) in [6.07, 6.45) is 0.0129. The maximum Gasteiger partial charge on any atom is 0.308 e. The van der Waals surface area contributed by atoms with Crippen LogP contribution in [-0.4, -0.2) is 36.7 Å². The van der Waals surface area contributed by atoms with Gasteiger partial charge >= 0.3 is 5.97 Å². The van der Waals surface area contributed by atoms with E-state index in [0.717, 1.165) is 10.6 Å². The molecule has 0 spiro atoms. The number of hydrogen-bond acceptors (Lipinski definition) is 5. The summed E-state index contributed by atoms with van der Waals surface area (Å²) in [5, 5.41) is 3.17. The van der Waals surface area contributed by atoms with Crippen molar-refractivity contribution in [1.82, 2.24) is 0 Å². The molecule has 2 aromatic rings. The summed E-state index contributed by atoms with van der Waals surface area (Å²) < 4.78 is 4.99. The number of hydrogen-bond donors (Lipinski definition) is 1. The van der Waals surface area contributed by atoms with Gasteiger partial charge in [0.2, 0.25) is 5.91 Å². The molecule has 0 fully saturated rings. The number of halogens is 1. The van der Waals surface area contributed by atoms with Gasteiger partial charge in [0.05, 0.1) is 17.9 Å². The Hall–Kier alpha value is -2.51. The minimum absolute atomic E-state index is 0.0129. The predicted molar refractivity (Wildman–Crippen MR) is 105 cm³/mol. The van der Waals surface area contributed by atoms with Gasteiger partial charge in [0.15, 0.2) is 6.61 Å². The average molecular weight is 405 g/mol. The molecular weight excluding hydrogens is 388 g/mol. The number of esters is 1. The fourth-order valence-electron chi connectivity index (χ4n) is 2.55. The number of amides is 2. The molecule has 0 atom stereocenters. The van der Waals surface area contributed by atoms with E-state index in [-0.39, 0.29) is 25.5 Å². The van der Waals surface area contributed by atoms with Gasteiger partial charge < -0.3 is 15.0 Å². The molecular formula is C19H17ClN2O4S. The molecule has 27 heavy (non-hydrogen) atoms. The highest BCUT2D eigenvalue weighted by atomic mass is 35.5. The van der Waals surface area contributed by atoms with E-state index in [1.807, 2.05) is 24.3 Å². The Bertz CT molecular complexity index is 857. The van der Waals surface area contributed by atoms with E-state index in [1.165, 1.54) is 11.8 Å². The third-order valence-electron chi connectivity index (χ3n) is 3.84. The quantitative estimate of drug-likeness (QED) is 0.747. The number of thioether (sulfide) groups is 1. The monoisotopic (exact) mass is 404 g/mol. The van der Waals surface area contributed by atoms with E-state index in [9.17, 15) is 14.4 Å².